The highest BCUT2D eigenvalue weighted by Crippen LogP contribution is 1.78. The van der Waals surface area contributed by atoms with Crippen LogP contribution in [0, 0.1) is 0 Å². The topological polar surface area (TPSA) is 12.4 Å². The molecular weight excluding hydrogens is 98.1 g/mol. The van der Waals surface area contributed by atoms with Crippen LogP contribution in [0.4, 0.5) is 0 Å². The fraction of sp³-hybridized carbons (Fsp3) is 0.286. The van der Waals surface area contributed by atoms with Crippen LogP contribution in [0.1, 0.15) is 6.92 Å². The Balaban J connectivity index is 3.34. The molecule has 1 heteroatoms. The molecule has 8 heavy (non-hydrogen) atoms. The van der Waals surface area contributed by atoms with Gasteiger partial charge in [-0.25, -0.2) is 0 Å². The quantitative estimate of drug-likeness (QED) is 0.387. The third-order valence-corrected chi connectivity index (χ3v) is 0.546. The molecule has 0 rings (SSSR count). The van der Waals surface area contributed by atoms with Crippen molar-refractivity contribution in [2.75, 3.05) is 6.54 Å². The maximum absolute atomic E-state index is 3.95. The maximum Gasteiger partial charge on any atom is 0.0567 e. The first-order valence-corrected chi connectivity index (χ1v) is 2.53. The van der Waals surface area contributed by atoms with Gasteiger partial charge in [-0.1, -0.05) is 12.7 Å². The molecule has 0 aliphatic heterocycles. The molecule has 0 aromatic rings. The second-order valence-corrected chi connectivity index (χ2v) is 1.63. The van der Waals surface area contributed by atoms with E-state index in [4.69, 9.17) is 0 Å². The van der Waals surface area contributed by atoms with Crippen molar-refractivity contribution in [1.29, 1.82) is 0 Å². The first-order valence-electron chi connectivity index (χ1n) is 2.53. The van der Waals surface area contributed by atoms with Crippen molar-refractivity contribution in [3.8, 4) is 0 Å². The Kier molecular flexibility index (Phi) is 3.85. The van der Waals surface area contributed by atoms with Gasteiger partial charge in [-0.15, -0.1) is 6.58 Å². The lowest BCUT2D eigenvalue weighted by Crippen LogP contribution is -1.75. The molecule has 0 aromatic carbocycles. The number of aliphatic imine (C=N–C) groups is 1. The third-order valence-electron chi connectivity index (χ3n) is 0.546. The molecule has 0 bridgehead atoms. The molecule has 44 valence electrons. The molecule has 0 radical (unpaired) electrons. The second kappa shape index (κ2) is 4.31. The van der Waals surface area contributed by atoms with Crippen LogP contribution in [0.25, 0.3) is 0 Å². The van der Waals surface area contributed by atoms with Crippen LogP contribution in [0.3, 0.4) is 0 Å². The fourth-order valence-electron chi connectivity index (χ4n) is 0.283. The summed E-state index contributed by atoms with van der Waals surface area (Å²) in [6.07, 6.45) is 3.49. The smallest absolute Gasteiger partial charge is 0.0567 e. The summed E-state index contributed by atoms with van der Waals surface area (Å²) in [5.41, 5.74) is 0.979. The van der Waals surface area contributed by atoms with E-state index in [1.54, 1.807) is 12.3 Å². The molecule has 0 aliphatic rings. The third kappa shape index (κ3) is 5.15. The Labute approximate surface area is 50.4 Å². The summed E-state index contributed by atoms with van der Waals surface area (Å²) in [4.78, 5) is 3.95. The highest BCUT2D eigenvalue weighted by Gasteiger charge is 1.70. The minimum absolute atomic E-state index is 0.687. The van der Waals surface area contributed by atoms with Crippen LogP contribution in [0.15, 0.2) is 29.8 Å². The van der Waals surface area contributed by atoms with Crippen LogP contribution in [-0.2, 0) is 0 Å². The number of hydrogen-bond acceptors (Lipinski definition) is 1. The number of nitrogens with zero attached hydrogens (tertiary/aromatic N) is 1. The zero-order valence-corrected chi connectivity index (χ0v) is 5.22. The summed E-state index contributed by atoms with van der Waals surface area (Å²) < 4.78 is 0. The van der Waals surface area contributed by atoms with E-state index in [0.29, 0.717) is 6.54 Å². The van der Waals surface area contributed by atoms with E-state index in [1.807, 2.05) is 6.92 Å². The number of rotatable bonds is 3. The largest absolute Gasteiger partial charge is 0.289 e. The van der Waals surface area contributed by atoms with Crippen molar-refractivity contribution in [1.82, 2.24) is 0 Å². The molecule has 0 unspecified atom stereocenters. The predicted octanol–water partition coefficient (Wildman–Crippen LogP) is 1.82. The van der Waals surface area contributed by atoms with E-state index in [1.165, 1.54) is 0 Å². The zero-order chi connectivity index (χ0) is 6.41. The van der Waals surface area contributed by atoms with Crippen molar-refractivity contribution in [2.45, 2.75) is 6.92 Å². The SMILES string of the molecule is C=CCN=CC(=C)C. The molecule has 0 fully saturated rings. The number of allylic oxidation sites excluding steroid dienone is 1. The minimum Gasteiger partial charge on any atom is -0.289 e. The van der Waals surface area contributed by atoms with Crippen molar-refractivity contribution >= 4 is 6.21 Å². The van der Waals surface area contributed by atoms with E-state index < -0.39 is 0 Å². The zero-order valence-electron chi connectivity index (χ0n) is 5.22. The molecule has 0 saturated carbocycles. The summed E-state index contributed by atoms with van der Waals surface area (Å²) in [6.45, 7) is 9.75. The van der Waals surface area contributed by atoms with Gasteiger partial charge in [0.1, 0.15) is 0 Å². The van der Waals surface area contributed by atoms with Crippen molar-refractivity contribution in [3.05, 3.63) is 24.8 Å². The Morgan fingerprint density at radius 3 is 2.75 bits per heavy atom. The number of hydrogen-bond donors (Lipinski definition) is 0. The van der Waals surface area contributed by atoms with Crippen LogP contribution in [0.2, 0.25) is 0 Å². The van der Waals surface area contributed by atoms with E-state index in [2.05, 4.69) is 18.2 Å². The summed E-state index contributed by atoms with van der Waals surface area (Å²) >= 11 is 0. The van der Waals surface area contributed by atoms with E-state index in [9.17, 15) is 0 Å². The molecule has 0 aromatic heterocycles. The first kappa shape index (κ1) is 7.15. The highest BCUT2D eigenvalue weighted by atomic mass is 14.7. The van der Waals surface area contributed by atoms with Gasteiger partial charge in [-0.3, -0.25) is 4.99 Å². The van der Waals surface area contributed by atoms with Crippen LogP contribution >= 0.6 is 0 Å². The maximum atomic E-state index is 3.95. The van der Waals surface area contributed by atoms with Gasteiger partial charge >= 0.3 is 0 Å². The van der Waals surface area contributed by atoms with Gasteiger partial charge in [0.15, 0.2) is 0 Å². The van der Waals surface area contributed by atoms with Gasteiger partial charge in [0.25, 0.3) is 0 Å². The van der Waals surface area contributed by atoms with Crippen LogP contribution in [-0.4, -0.2) is 12.8 Å². The molecular formula is C7H11N. The van der Waals surface area contributed by atoms with Crippen LogP contribution < -0.4 is 0 Å². The van der Waals surface area contributed by atoms with E-state index >= 15 is 0 Å². The summed E-state index contributed by atoms with van der Waals surface area (Å²) in [5.74, 6) is 0. The lowest BCUT2D eigenvalue weighted by atomic mass is 10.4. The Morgan fingerprint density at radius 2 is 2.38 bits per heavy atom. The Bertz CT molecular complexity index is 112. The van der Waals surface area contributed by atoms with Crippen molar-refractivity contribution in [2.24, 2.45) is 4.99 Å². The van der Waals surface area contributed by atoms with Crippen LogP contribution in [0.5, 0.6) is 0 Å². The predicted molar refractivity (Wildman–Crippen MR) is 38.4 cm³/mol. The standard InChI is InChI=1S/C7H11N/c1-4-5-8-6-7(2)3/h4,6H,1-2,5H2,3H3. The minimum atomic E-state index is 0.687. The van der Waals surface area contributed by atoms with Crippen molar-refractivity contribution < 1.29 is 0 Å². The van der Waals surface area contributed by atoms with Crippen molar-refractivity contribution in [3.63, 3.8) is 0 Å². The monoisotopic (exact) mass is 109 g/mol. The summed E-state index contributed by atoms with van der Waals surface area (Å²) in [5, 5.41) is 0. The normalized spacial score (nSPS) is 9.62. The van der Waals surface area contributed by atoms with Gasteiger partial charge in [0.05, 0.1) is 6.54 Å². The molecule has 0 aliphatic carbocycles. The lowest BCUT2D eigenvalue weighted by molar-refractivity contribution is 1.26. The molecule has 0 spiro atoms. The Morgan fingerprint density at radius 1 is 1.75 bits per heavy atom. The lowest BCUT2D eigenvalue weighted by Gasteiger charge is -1.81. The Hall–Kier alpha value is -0.850. The summed E-state index contributed by atoms with van der Waals surface area (Å²) in [7, 11) is 0. The average molecular weight is 109 g/mol. The molecule has 0 atom stereocenters. The van der Waals surface area contributed by atoms with E-state index in [-0.39, 0.29) is 0 Å². The average Bonchev–Trinajstić information content (AvgIpc) is 1.66. The van der Waals surface area contributed by atoms with Gasteiger partial charge in [-0.2, -0.15) is 0 Å². The summed E-state index contributed by atoms with van der Waals surface area (Å²) in [6, 6.07) is 0. The molecule has 0 heterocycles. The van der Waals surface area contributed by atoms with Gasteiger partial charge < -0.3 is 0 Å². The molecule has 0 amide bonds. The molecule has 1 nitrogen and oxygen atoms in total. The van der Waals surface area contributed by atoms with Gasteiger partial charge in [0.2, 0.25) is 0 Å². The van der Waals surface area contributed by atoms with E-state index in [0.717, 1.165) is 5.57 Å². The fourth-order valence-corrected chi connectivity index (χ4v) is 0.283. The first-order chi connectivity index (χ1) is 3.77. The highest BCUT2D eigenvalue weighted by molar-refractivity contribution is 5.76. The molecule has 0 N–H and O–H groups in total. The second-order valence-electron chi connectivity index (χ2n) is 1.63. The molecule has 0 saturated heterocycles. The van der Waals surface area contributed by atoms with Gasteiger partial charge in [-0.05, 0) is 12.5 Å². The van der Waals surface area contributed by atoms with Gasteiger partial charge in [0, 0.05) is 6.21 Å².